The molecule has 3 heterocycles. The van der Waals surface area contributed by atoms with Crippen LogP contribution in [0.4, 0.5) is 13.2 Å². The van der Waals surface area contributed by atoms with Gasteiger partial charge in [-0.2, -0.15) is 13.2 Å². The Balaban J connectivity index is 1.06. The average Bonchev–Trinajstić information content (AvgIpc) is 3.46. The van der Waals surface area contributed by atoms with Gasteiger partial charge in [0.15, 0.2) is 5.78 Å². The number of halogens is 3. The van der Waals surface area contributed by atoms with Gasteiger partial charge < -0.3 is 10.0 Å². The van der Waals surface area contributed by atoms with Crippen molar-refractivity contribution in [2.24, 2.45) is 11.8 Å². The van der Waals surface area contributed by atoms with Crippen LogP contribution in [0.15, 0.2) is 61.2 Å². The van der Waals surface area contributed by atoms with Gasteiger partial charge >= 0.3 is 6.18 Å². The number of hydrogen-bond acceptors (Lipinski definition) is 6. The van der Waals surface area contributed by atoms with Gasteiger partial charge in [0.1, 0.15) is 5.60 Å². The highest BCUT2D eigenvalue weighted by molar-refractivity contribution is 5.98. The van der Waals surface area contributed by atoms with Crippen molar-refractivity contribution in [2.75, 3.05) is 13.1 Å². The van der Waals surface area contributed by atoms with E-state index in [1.165, 1.54) is 12.1 Å². The van der Waals surface area contributed by atoms with E-state index in [1.807, 2.05) is 12.1 Å². The van der Waals surface area contributed by atoms with Crippen molar-refractivity contribution in [3.05, 3.63) is 78.0 Å². The second-order valence-corrected chi connectivity index (χ2v) is 11.2. The lowest BCUT2D eigenvalue weighted by atomic mass is 9.74. The topological polar surface area (TPSA) is 96.3 Å². The summed E-state index contributed by atoms with van der Waals surface area (Å²) in [5.41, 5.74) is 0.391. The summed E-state index contributed by atoms with van der Waals surface area (Å²) in [5, 5.41) is 11.3. The largest absolute Gasteiger partial charge is 0.416 e. The van der Waals surface area contributed by atoms with Crippen LogP contribution in [0.1, 0.15) is 73.0 Å². The van der Waals surface area contributed by atoms with E-state index in [9.17, 15) is 27.9 Å². The van der Waals surface area contributed by atoms with Crippen molar-refractivity contribution in [1.82, 2.24) is 19.9 Å². The molecule has 1 amide bonds. The molecule has 10 heteroatoms. The van der Waals surface area contributed by atoms with Crippen molar-refractivity contribution in [3.63, 3.8) is 0 Å². The molecule has 1 aliphatic carbocycles. The Labute approximate surface area is 236 Å². The van der Waals surface area contributed by atoms with Gasteiger partial charge in [0.25, 0.3) is 0 Å². The first-order chi connectivity index (χ1) is 19.6. The third-order valence-corrected chi connectivity index (χ3v) is 8.41. The lowest BCUT2D eigenvalue weighted by Crippen LogP contribution is -2.33. The zero-order chi connectivity index (χ0) is 29.0. The number of Topliss-reactive ketones (excluding diaryl/α,β-unsaturated/α-hetero) is 1. The number of likely N-dealkylation sites (tertiary alicyclic amines) is 1. The number of amides is 1. The molecule has 1 aliphatic heterocycles. The number of ketones is 1. The van der Waals surface area contributed by atoms with Gasteiger partial charge in [0.05, 0.1) is 23.1 Å². The van der Waals surface area contributed by atoms with Crippen LogP contribution in [0.2, 0.25) is 0 Å². The van der Waals surface area contributed by atoms with Crippen molar-refractivity contribution >= 4 is 11.7 Å². The Morgan fingerprint density at radius 3 is 2.46 bits per heavy atom. The van der Waals surface area contributed by atoms with E-state index in [4.69, 9.17) is 0 Å². The van der Waals surface area contributed by atoms with Gasteiger partial charge in [0.2, 0.25) is 5.91 Å². The molecule has 7 nitrogen and oxygen atoms in total. The number of hydrogen-bond donors (Lipinski definition) is 1. The lowest BCUT2D eigenvalue weighted by Gasteiger charge is -2.36. The van der Waals surface area contributed by atoms with E-state index >= 15 is 0 Å². The number of nitrogens with zero attached hydrogens (tertiary/aromatic N) is 4. The normalized spacial score (nSPS) is 23.0. The summed E-state index contributed by atoms with van der Waals surface area (Å²) in [6.45, 7) is 1.25. The van der Waals surface area contributed by atoms with Gasteiger partial charge in [-0.05, 0) is 74.6 Å². The van der Waals surface area contributed by atoms with Gasteiger partial charge in [-0.1, -0.05) is 12.1 Å². The molecule has 1 aromatic carbocycles. The minimum atomic E-state index is -4.52. The Morgan fingerprint density at radius 2 is 1.78 bits per heavy atom. The van der Waals surface area contributed by atoms with E-state index < -0.39 is 23.1 Å². The van der Waals surface area contributed by atoms with Crippen LogP contribution in [-0.4, -0.2) is 49.7 Å². The smallest absolute Gasteiger partial charge is 0.384 e. The molecular weight excluding hydrogens is 533 g/mol. The van der Waals surface area contributed by atoms with Crippen LogP contribution in [0.5, 0.6) is 0 Å². The summed E-state index contributed by atoms with van der Waals surface area (Å²) in [5.74, 6) is 0.213. The van der Waals surface area contributed by atoms with Crippen LogP contribution < -0.4 is 0 Å². The van der Waals surface area contributed by atoms with Crippen LogP contribution in [0.3, 0.4) is 0 Å². The molecule has 1 atom stereocenters. The maximum atomic E-state index is 12.9. The van der Waals surface area contributed by atoms with Crippen molar-refractivity contribution in [1.29, 1.82) is 0 Å². The number of carbonyl (C=O) groups excluding carboxylic acids is 2. The van der Waals surface area contributed by atoms with Gasteiger partial charge in [-0.3, -0.25) is 24.5 Å². The Morgan fingerprint density at radius 1 is 0.976 bits per heavy atom. The quantitative estimate of drug-likeness (QED) is 0.345. The number of carbonyl (C=O) groups is 2. The fourth-order valence-electron chi connectivity index (χ4n) is 6.03. The number of rotatable bonds is 8. The summed E-state index contributed by atoms with van der Waals surface area (Å²) in [6, 6.07) is 8.10. The monoisotopic (exact) mass is 566 g/mol. The minimum Gasteiger partial charge on any atom is -0.384 e. The van der Waals surface area contributed by atoms with E-state index in [-0.39, 0.29) is 24.3 Å². The molecule has 2 aromatic heterocycles. The molecule has 0 radical (unpaired) electrons. The van der Waals surface area contributed by atoms with Crippen LogP contribution in [0.25, 0.3) is 11.3 Å². The molecule has 216 valence electrons. The summed E-state index contributed by atoms with van der Waals surface area (Å²) in [4.78, 5) is 39.9. The average molecular weight is 567 g/mol. The minimum absolute atomic E-state index is 0.0130. The maximum Gasteiger partial charge on any atom is 0.416 e. The first-order valence-corrected chi connectivity index (χ1v) is 14.0. The number of benzene rings is 1. The van der Waals surface area contributed by atoms with Crippen LogP contribution >= 0.6 is 0 Å². The van der Waals surface area contributed by atoms with E-state index in [0.717, 1.165) is 49.1 Å². The molecule has 0 spiro atoms. The fraction of sp³-hybridized carbons (Fsp3) is 0.452. The second kappa shape index (κ2) is 12.1. The predicted octanol–water partition coefficient (Wildman–Crippen LogP) is 5.84. The second-order valence-electron chi connectivity index (χ2n) is 11.2. The Hall–Kier alpha value is -3.66. The fourth-order valence-corrected chi connectivity index (χ4v) is 6.03. The molecule has 2 fully saturated rings. The standard InChI is InChI=1S/C31H33F3N4O3/c32-31(33,34)25-3-1-2-23(17-25)27(39)5-7-29(40)38-15-10-22(20-38)16-21-8-11-30(41,12-9-21)28-6-4-24(18-37-28)26-19-35-13-14-36-26/h1-4,6,13-14,17-19,21-22,41H,5,7-12,15-16,20H2/t21?,22-,30?/m1/s1. The Bertz CT molecular complexity index is 1360. The highest BCUT2D eigenvalue weighted by Crippen LogP contribution is 2.42. The van der Waals surface area contributed by atoms with E-state index in [0.29, 0.717) is 43.5 Å². The number of pyridine rings is 1. The van der Waals surface area contributed by atoms with Gasteiger partial charge in [-0.25, -0.2) is 0 Å². The van der Waals surface area contributed by atoms with Crippen LogP contribution in [0, 0.1) is 11.8 Å². The zero-order valence-corrected chi connectivity index (χ0v) is 22.7. The highest BCUT2D eigenvalue weighted by atomic mass is 19.4. The molecule has 1 saturated heterocycles. The molecule has 2 aliphatic rings. The lowest BCUT2D eigenvalue weighted by molar-refractivity contribution is -0.137. The maximum absolute atomic E-state index is 12.9. The van der Waals surface area contributed by atoms with E-state index in [1.54, 1.807) is 29.7 Å². The summed E-state index contributed by atoms with van der Waals surface area (Å²) in [7, 11) is 0. The van der Waals surface area contributed by atoms with Crippen LogP contribution in [-0.2, 0) is 16.6 Å². The summed E-state index contributed by atoms with van der Waals surface area (Å²) in [6.07, 6.45) is 6.86. The van der Waals surface area contributed by atoms with Gasteiger partial charge in [-0.15, -0.1) is 0 Å². The molecular formula is C31H33F3N4O3. The number of aliphatic hydroxyl groups is 1. The molecule has 1 saturated carbocycles. The summed E-state index contributed by atoms with van der Waals surface area (Å²) >= 11 is 0. The predicted molar refractivity (Wildman–Crippen MR) is 145 cm³/mol. The molecule has 0 unspecified atom stereocenters. The molecule has 41 heavy (non-hydrogen) atoms. The van der Waals surface area contributed by atoms with E-state index in [2.05, 4.69) is 15.0 Å². The molecule has 3 aromatic rings. The highest BCUT2D eigenvalue weighted by Gasteiger charge is 2.38. The van der Waals surface area contributed by atoms with Crippen molar-refractivity contribution < 1.29 is 27.9 Å². The first kappa shape index (κ1) is 28.9. The molecule has 1 N–H and O–H groups in total. The Kier molecular flexibility index (Phi) is 8.49. The first-order valence-electron chi connectivity index (χ1n) is 14.0. The molecule has 5 rings (SSSR count). The number of aromatic nitrogens is 3. The molecule has 0 bridgehead atoms. The number of alkyl halides is 3. The third-order valence-electron chi connectivity index (χ3n) is 8.41. The van der Waals surface area contributed by atoms with Gasteiger partial charge in [0, 0.05) is 55.6 Å². The zero-order valence-electron chi connectivity index (χ0n) is 22.7. The summed E-state index contributed by atoms with van der Waals surface area (Å²) < 4.78 is 38.8. The van der Waals surface area contributed by atoms with Crippen molar-refractivity contribution in [3.8, 4) is 11.3 Å². The van der Waals surface area contributed by atoms with Crippen molar-refractivity contribution in [2.45, 2.75) is 63.1 Å². The SMILES string of the molecule is O=C(CCC(=O)N1CC[C@H](CC2CCC(O)(c3ccc(-c4cnccn4)cn3)CC2)C1)c1cccc(C(F)(F)F)c1. The third kappa shape index (κ3) is 6.98.